The lowest BCUT2D eigenvalue weighted by molar-refractivity contribution is -0.137. The maximum atomic E-state index is 12.6. The first-order valence-corrected chi connectivity index (χ1v) is 8.27. The maximum Gasteiger partial charge on any atom is 0.228 e. The molecule has 24 heavy (non-hydrogen) atoms. The predicted molar refractivity (Wildman–Crippen MR) is 87.8 cm³/mol. The van der Waals surface area contributed by atoms with E-state index in [1.54, 1.807) is 13.2 Å². The fraction of sp³-hybridized carbons (Fsp3) is 0.625. The molecule has 1 unspecified atom stereocenters. The molecule has 1 aromatic heterocycles. The quantitative estimate of drug-likeness (QED) is 0.836. The second-order valence-electron chi connectivity index (χ2n) is 6.20. The number of piperazine rings is 1. The second kappa shape index (κ2) is 7.02. The van der Waals surface area contributed by atoms with Crippen molar-refractivity contribution in [3.63, 3.8) is 0 Å². The van der Waals surface area contributed by atoms with Gasteiger partial charge in [0, 0.05) is 50.9 Å². The lowest BCUT2D eigenvalue weighted by Crippen LogP contribution is -2.53. The van der Waals surface area contributed by atoms with Crippen LogP contribution >= 0.6 is 0 Å². The van der Waals surface area contributed by atoms with E-state index in [2.05, 4.69) is 20.2 Å². The van der Waals surface area contributed by atoms with Crippen LogP contribution in [-0.4, -0.2) is 66.5 Å². The summed E-state index contributed by atoms with van der Waals surface area (Å²) in [5.74, 6) is 1.27. The zero-order valence-electron chi connectivity index (χ0n) is 14.1. The number of piperidine rings is 1. The lowest BCUT2D eigenvalue weighted by atomic mass is 9.97. The molecule has 8 heteroatoms. The van der Waals surface area contributed by atoms with E-state index in [1.165, 1.54) is 0 Å². The number of ether oxygens (including phenoxy) is 1. The molecule has 2 amide bonds. The minimum absolute atomic E-state index is 0.0365. The molecular weight excluding hydrogens is 310 g/mol. The third-order valence-corrected chi connectivity index (χ3v) is 4.52. The summed E-state index contributed by atoms with van der Waals surface area (Å²) in [5, 5.41) is 2.77. The molecule has 1 atom stereocenters. The zero-order valence-corrected chi connectivity index (χ0v) is 14.1. The van der Waals surface area contributed by atoms with Gasteiger partial charge >= 0.3 is 0 Å². The minimum atomic E-state index is -0.0930. The number of carbonyl (C=O) groups is 2. The molecule has 1 N–H and O–H groups in total. The van der Waals surface area contributed by atoms with Crippen molar-refractivity contribution in [3.8, 4) is 5.88 Å². The van der Waals surface area contributed by atoms with Gasteiger partial charge in [0.15, 0.2) is 0 Å². The molecule has 130 valence electrons. The van der Waals surface area contributed by atoms with Crippen LogP contribution in [-0.2, 0) is 9.59 Å². The average molecular weight is 333 g/mol. The van der Waals surface area contributed by atoms with Gasteiger partial charge in [-0.05, 0) is 13.3 Å². The third kappa shape index (κ3) is 3.58. The number of amides is 2. The first kappa shape index (κ1) is 16.5. The van der Waals surface area contributed by atoms with Crippen molar-refractivity contribution in [1.29, 1.82) is 0 Å². The molecular formula is C16H23N5O3. The number of nitrogens with one attached hydrogen (secondary N) is 1. The van der Waals surface area contributed by atoms with Crippen LogP contribution in [0.3, 0.4) is 0 Å². The van der Waals surface area contributed by atoms with E-state index in [-0.39, 0.29) is 17.7 Å². The van der Waals surface area contributed by atoms with Gasteiger partial charge in [0.25, 0.3) is 0 Å². The summed E-state index contributed by atoms with van der Waals surface area (Å²) in [6.07, 6.45) is 1.08. The molecule has 2 aliphatic rings. The number of aryl methyl sites for hydroxylation is 1. The molecule has 0 spiro atoms. The lowest BCUT2D eigenvalue weighted by Gasteiger charge is -2.37. The van der Waals surface area contributed by atoms with Crippen LogP contribution in [0.25, 0.3) is 0 Å². The van der Waals surface area contributed by atoms with Gasteiger partial charge in [-0.1, -0.05) is 0 Å². The Bertz CT molecular complexity index is 618. The summed E-state index contributed by atoms with van der Waals surface area (Å²) in [7, 11) is 1.59. The summed E-state index contributed by atoms with van der Waals surface area (Å²) in [6, 6.07) is 1.79. The van der Waals surface area contributed by atoms with Crippen molar-refractivity contribution in [3.05, 3.63) is 11.8 Å². The molecule has 0 aliphatic carbocycles. The normalized spacial score (nSPS) is 21.4. The van der Waals surface area contributed by atoms with E-state index >= 15 is 0 Å². The summed E-state index contributed by atoms with van der Waals surface area (Å²) < 4.78 is 5.20. The standard InChI is InChI=1S/C16H23N5O3/c1-11-9-14(24-2)19-16(18-11)21-7-5-20(6-8-21)15(23)12-3-4-13(22)17-10-12/h9,12H,3-8,10H2,1-2H3,(H,17,22). The fourth-order valence-corrected chi connectivity index (χ4v) is 3.10. The maximum absolute atomic E-state index is 12.6. The molecule has 1 aromatic rings. The Labute approximate surface area is 141 Å². The molecule has 3 rings (SSSR count). The second-order valence-corrected chi connectivity index (χ2v) is 6.20. The van der Waals surface area contributed by atoms with E-state index in [0.717, 1.165) is 5.69 Å². The molecule has 2 fully saturated rings. The summed E-state index contributed by atoms with van der Waals surface area (Å²) in [4.78, 5) is 36.6. The van der Waals surface area contributed by atoms with Crippen LogP contribution in [0.5, 0.6) is 5.88 Å². The highest BCUT2D eigenvalue weighted by Gasteiger charge is 2.30. The van der Waals surface area contributed by atoms with Crippen molar-refractivity contribution in [2.24, 2.45) is 5.92 Å². The number of carbonyl (C=O) groups excluding carboxylic acids is 2. The van der Waals surface area contributed by atoms with Gasteiger partial charge in [0.05, 0.1) is 13.0 Å². The third-order valence-electron chi connectivity index (χ3n) is 4.52. The summed E-state index contributed by atoms with van der Waals surface area (Å²) in [5.41, 5.74) is 0.855. The van der Waals surface area contributed by atoms with Crippen LogP contribution in [0.1, 0.15) is 18.5 Å². The Morgan fingerprint density at radius 1 is 1.29 bits per heavy atom. The minimum Gasteiger partial charge on any atom is -0.481 e. The van der Waals surface area contributed by atoms with Crippen molar-refractivity contribution in [2.75, 3.05) is 44.7 Å². The van der Waals surface area contributed by atoms with Crippen LogP contribution in [0.4, 0.5) is 5.95 Å². The number of nitrogens with zero attached hydrogens (tertiary/aromatic N) is 4. The zero-order chi connectivity index (χ0) is 17.1. The first-order valence-electron chi connectivity index (χ1n) is 8.27. The van der Waals surface area contributed by atoms with Gasteiger partial charge < -0.3 is 19.9 Å². The summed E-state index contributed by atoms with van der Waals surface area (Å²) in [6.45, 7) is 5.03. The van der Waals surface area contributed by atoms with Crippen LogP contribution < -0.4 is 15.0 Å². The number of anilines is 1. The van der Waals surface area contributed by atoms with Gasteiger partial charge in [0.1, 0.15) is 0 Å². The Morgan fingerprint density at radius 3 is 2.67 bits per heavy atom. The summed E-state index contributed by atoms with van der Waals surface area (Å²) >= 11 is 0. The molecule has 0 saturated carbocycles. The first-order chi connectivity index (χ1) is 11.6. The largest absolute Gasteiger partial charge is 0.481 e. The topological polar surface area (TPSA) is 87.7 Å². The molecule has 2 aliphatic heterocycles. The highest BCUT2D eigenvalue weighted by molar-refractivity contribution is 5.83. The number of methoxy groups -OCH3 is 1. The Morgan fingerprint density at radius 2 is 2.04 bits per heavy atom. The molecule has 8 nitrogen and oxygen atoms in total. The van der Waals surface area contributed by atoms with Crippen LogP contribution in [0, 0.1) is 12.8 Å². The molecule has 0 radical (unpaired) electrons. The predicted octanol–water partition coefficient (Wildman–Crippen LogP) is -0.0316. The van der Waals surface area contributed by atoms with E-state index in [9.17, 15) is 9.59 Å². The fourth-order valence-electron chi connectivity index (χ4n) is 3.10. The number of aromatic nitrogens is 2. The van der Waals surface area contributed by atoms with E-state index < -0.39 is 0 Å². The number of hydrogen-bond donors (Lipinski definition) is 1. The van der Waals surface area contributed by atoms with E-state index in [4.69, 9.17) is 4.74 Å². The number of hydrogen-bond acceptors (Lipinski definition) is 6. The van der Waals surface area contributed by atoms with Crippen molar-refractivity contribution < 1.29 is 14.3 Å². The smallest absolute Gasteiger partial charge is 0.228 e. The van der Waals surface area contributed by atoms with Crippen LogP contribution in [0.15, 0.2) is 6.07 Å². The monoisotopic (exact) mass is 333 g/mol. The average Bonchev–Trinajstić information content (AvgIpc) is 2.61. The molecule has 0 aromatic carbocycles. The van der Waals surface area contributed by atoms with Gasteiger partial charge in [-0.3, -0.25) is 9.59 Å². The Hall–Kier alpha value is -2.38. The van der Waals surface area contributed by atoms with Crippen molar-refractivity contribution in [1.82, 2.24) is 20.2 Å². The SMILES string of the molecule is COc1cc(C)nc(N2CCN(C(=O)C3CCC(=O)NC3)CC2)n1. The van der Waals surface area contributed by atoms with Gasteiger partial charge in [-0.2, -0.15) is 4.98 Å². The highest BCUT2D eigenvalue weighted by atomic mass is 16.5. The highest BCUT2D eigenvalue weighted by Crippen LogP contribution is 2.19. The molecule has 2 saturated heterocycles. The molecule has 0 bridgehead atoms. The van der Waals surface area contributed by atoms with Gasteiger partial charge in [-0.15, -0.1) is 0 Å². The van der Waals surface area contributed by atoms with E-state index in [1.807, 2.05) is 11.8 Å². The van der Waals surface area contributed by atoms with Crippen LogP contribution in [0.2, 0.25) is 0 Å². The van der Waals surface area contributed by atoms with E-state index in [0.29, 0.717) is 57.4 Å². The Kier molecular flexibility index (Phi) is 4.82. The van der Waals surface area contributed by atoms with Crippen molar-refractivity contribution in [2.45, 2.75) is 19.8 Å². The van der Waals surface area contributed by atoms with Gasteiger partial charge in [0.2, 0.25) is 23.6 Å². The van der Waals surface area contributed by atoms with Gasteiger partial charge in [-0.25, -0.2) is 4.98 Å². The molecule has 3 heterocycles. The van der Waals surface area contributed by atoms with Crippen molar-refractivity contribution >= 4 is 17.8 Å². The number of rotatable bonds is 3. The Balaban J connectivity index is 1.58.